The Hall–Kier alpha value is -11.6. The number of alkyl halides is 10. The highest BCUT2D eigenvalue weighted by atomic mass is 19.3. The topological polar surface area (TPSA) is 0 Å². The largest absolute Gasteiger partial charge is 0.273 e. The summed E-state index contributed by atoms with van der Waals surface area (Å²) >= 11 is 0. The number of halogens is 21. The van der Waals surface area contributed by atoms with Gasteiger partial charge in [0.05, 0.1) is 11.1 Å². The third kappa shape index (κ3) is 24.1. The molecule has 0 aliphatic carbocycles. The van der Waals surface area contributed by atoms with Crippen molar-refractivity contribution in [2.75, 3.05) is 0 Å². The molecule has 0 saturated heterocycles. The van der Waals surface area contributed by atoms with Gasteiger partial charge in [0.2, 0.25) is 17.8 Å². The van der Waals surface area contributed by atoms with Crippen LogP contribution in [0.1, 0.15) is 97.7 Å². The minimum Gasteiger partial charge on any atom is -0.207 e. The molecule has 0 spiro atoms. The maximum Gasteiger partial charge on any atom is 0.273 e. The van der Waals surface area contributed by atoms with E-state index in [0.29, 0.717) is 62.4 Å². The van der Waals surface area contributed by atoms with Crippen LogP contribution in [0.25, 0.3) is 89.0 Å². The van der Waals surface area contributed by atoms with Gasteiger partial charge in [-0.3, -0.25) is 0 Å². The predicted molar refractivity (Wildman–Crippen MR) is 428 cm³/mol. The lowest BCUT2D eigenvalue weighted by Gasteiger charge is -2.14. The number of hydrogen-bond donors (Lipinski definition) is 0. The van der Waals surface area contributed by atoms with Crippen molar-refractivity contribution in [3.63, 3.8) is 0 Å². The molecule has 21 heteroatoms. The van der Waals surface area contributed by atoms with Crippen LogP contribution >= 0.6 is 0 Å². The van der Waals surface area contributed by atoms with Crippen LogP contribution in [0.3, 0.4) is 0 Å². The van der Waals surface area contributed by atoms with Crippen molar-refractivity contribution in [2.45, 2.75) is 126 Å². The summed E-state index contributed by atoms with van der Waals surface area (Å²) in [4.78, 5) is 0. The van der Waals surface area contributed by atoms with Crippen LogP contribution in [-0.4, -0.2) is 17.8 Å². The van der Waals surface area contributed by atoms with Crippen molar-refractivity contribution in [1.29, 1.82) is 0 Å². The Morgan fingerprint density at radius 2 is 0.381 bits per heavy atom. The third-order valence-electron chi connectivity index (χ3n) is 18.6. The quantitative estimate of drug-likeness (QED) is 0.0846. The fraction of sp³-hybridized carbons (Fsp3) is 0.196. The van der Waals surface area contributed by atoms with Gasteiger partial charge >= 0.3 is 0 Å². The van der Waals surface area contributed by atoms with Gasteiger partial charge in [0.15, 0.2) is 58.2 Å². The highest BCUT2D eigenvalue weighted by Gasteiger charge is 2.34. The third-order valence-corrected chi connectivity index (χ3v) is 18.6. The molecular formula is C97H81F21. The lowest BCUT2D eigenvalue weighted by Crippen LogP contribution is -2.15. The van der Waals surface area contributed by atoms with Gasteiger partial charge in [0, 0.05) is 66.5 Å². The Balaban J connectivity index is 0.000000185. The molecule has 118 heavy (non-hydrogen) atoms. The van der Waals surface area contributed by atoms with E-state index >= 15 is 0 Å². The predicted octanol–water partition coefficient (Wildman–Crippen LogP) is 31.3. The number of benzene rings is 13. The van der Waals surface area contributed by atoms with Crippen molar-refractivity contribution < 1.29 is 92.2 Å². The molecular weight excluding hydrogens is 1560 g/mol. The van der Waals surface area contributed by atoms with E-state index < -0.39 is 130 Å². The Morgan fingerprint density at radius 3 is 0.627 bits per heavy atom. The molecule has 13 aromatic rings. The van der Waals surface area contributed by atoms with Gasteiger partial charge in [0.1, 0.15) is 5.82 Å². The lowest BCUT2D eigenvalue weighted by molar-refractivity contribution is 0.0124. The second-order valence-electron chi connectivity index (χ2n) is 29.0. The van der Waals surface area contributed by atoms with E-state index in [1.54, 1.807) is 91.0 Å². The summed E-state index contributed by atoms with van der Waals surface area (Å²) in [5.41, 5.74) is 9.21. The van der Waals surface area contributed by atoms with Gasteiger partial charge in [-0.1, -0.05) is 266 Å². The van der Waals surface area contributed by atoms with Gasteiger partial charge in [-0.2, -0.15) is 0 Å². The molecule has 0 aliphatic rings. The Kier molecular flexibility index (Phi) is 29.8. The molecule has 0 unspecified atom stereocenters. The van der Waals surface area contributed by atoms with Crippen LogP contribution in [-0.2, 0) is 31.1 Å². The van der Waals surface area contributed by atoms with E-state index in [-0.39, 0.29) is 51.9 Å². The minimum atomic E-state index is -3.43. The first-order valence-corrected chi connectivity index (χ1v) is 36.4. The van der Waals surface area contributed by atoms with Crippen LogP contribution in [0, 0.1) is 98.6 Å². The molecule has 0 atom stereocenters. The smallest absolute Gasteiger partial charge is 0.207 e. The maximum absolute atomic E-state index is 14.6. The number of aryl methyl sites for hydroxylation is 5. The molecule has 0 bridgehead atoms. The Bertz CT molecular complexity index is 5570. The molecule has 13 rings (SSSR count). The van der Waals surface area contributed by atoms with Crippen LogP contribution in [0.2, 0.25) is 0 Å². The fourth-order valence-electron chi connectivity index (χ4n) is 12.4. The van der Waals surface area contributed by atoms with Gasteiger partial charge in [-0.05, 0) is 146 Å². The average molecular weight is 1650 g/mol. The summed E-state index contributed by atoms with van der Waals surface area (Å²) in [7, 11) is 0. The van der Waals surface area contributed by atoms with Crippen LogP contribution in [0.4, 0.5) is 92.2 Å². The fourth-order valence-corrected chi connectivity index (χ4v) is 12.4. The van der Waals surface area contributed by atoms with E-state index in [9.17, 15) is 92.2 Å². The minimum absolute atomic E-state index is 0. The molecule has 0 saturated carbocycles. The van der Waals surface area contributed by atoms with E-state index in [1.807, 2.05) is 120 Å². The molecule has 0 N–H and O–H groups in total. The van der Waals surface area contributed by atoms with Crippen molar-refractivity contribution in [2.24, 2.45) is 0 Å². The van der Waals surface area contributed by atoms with Crippen molar-refractivity contribution in [3.8, 4) is 89.0 Å². The summed E-state index contributed by atoms with van der Waals surface area (Å²) in [6.07, 6.45) is -2.57. The summed E-state index contributed by atoms with van der Waals surface area (Å²) in [5.74, 6) is -29.7. The lowest BCUT2D eigenvalue weighted by atomic mass is 9.97. The zero-order chi connectivity index (χ0) is 86.0. The van der Waals surface area contributed by atoms with Gasteiger partial charge in [0.25, 0.3) is 11.8 Å². The van der Waals surface area contributed by atoms with E-state index in [4.69, 9.17) is 0 Å². The Morgan fingerprint density at radius 1 is 0.195 bits per heavy atom. The second kappa shape index (κ2) is 38.2. The molecule has 0 nitrogen and oxygen atoms in total. The van der Waals surface area contributed by atoms with Crippen molar-refractivity contribution in [3.05, 3.63) is 368 Å². The average Bonchev–Trinajstić information content (AvgIpc) is 0.797. The first-order chi connectivity index (χ1) is 54.7. The van der Waals surface area contributed by atoms with Crippen LogP contribution in [0.5, 0.6) is 0 Å². The van der Waals surface area contributed by atoms with Crippen molar-refractivity contribution >= 4 is 0 Å². The molecule has 13 aromatic carbocycles. The van der Waals surface area contributed by atoms with Crippen molar-refractivity contribution in [1.82, 2.24) is 0 Å². The zero-order valence-electron chi connectivity index (χ0n) is 64.7. The Labute approximate surface area is 672 Å². The molecule has 0 aromatic heterocycles. The molecule has 0 fully saturated rings. The first-order valence-electron chi connectivity index (χ1n) is 36.4. The number of rotatable bonds is 16. The molecule has 0 radical (unpaired) electrons. The van der Waals surface area contributed by atoms with E-state index in [1.165, 1.54) is 48.5 Å². The van der Waals surface area contributed by atoms with E-state index in [0.717, 1.165) is 79.9 Å². The molecule has 616 valence electrons. The maximum atomic E-state index is 14.6. The van der Waals surface area contributed by atoms with Gasteiger partial charge < -0.3 is 0 Å². The van der Waals surface area contributed by atoms with E-state index in [2.05, 4.69) is 0 Å². The molecule has 0 aliphatic heterocycles. The zero-order valence-corrected chi connectivity index (χ0v) is 64.7. The normalized spacial score (nSPS) is 11.6. The standard InChI is InChI=1S/C22H17F5.C22H18F4.C21H16F4.C16H14F4.C15H12F4.CH4/c1-13-3-5-14(6-4-13)15-7-9-17(19(23)11-15)18-10-8-16(12-22(2,26)27)20(24)21(18)25;1-14-3-5-15(6-4-14)16-7-9-17(10-8-16)19-12-11-18(13-22(2,25)26)20(23)21(19)24;1-13-3-5-14(6-4-13)15-7-9-16(10-8-15)17-11-12-18(21(2,24)25)20(23)19(17)22;1-10-3-5-11(6-4-10)13-8-7-12(9-16(2,19)20)14(17)15(13)18;1-9-3-5-10(6-4-9)11-7-8-12(15(2,18)19)14(17)13(11)16;/h3-11H,12H2,1-2H3;3-12H,13H2,1-2H3;3-12H,1-2H3;3-8H,9H2,1-2H3;3-8H,1-2H3;1H4. The van der Waals surface area contributed by atoms with Crippen LogP contribution < -0.4 is 0 Å². The summed E-state index contributed by atoms with van der Waals surface area (Å²) < 4.78 is 286. The van der Waals surface area contributed by atoms with Gasteiger partial charge in [-0.25, -0.2) is 92.2 Å². The summed E-state index contributed by atoms with van der Waals surface area (Å²) in [6.45, 7) is 12.7. The number of hydrogen-bond acceptors (Lipinski definition) is 0. The first kappa shape index (κ1) is 91.9. The SMILES string of the molecule is C.Cc1ccc(-c2ccc(-c3ccc(C(C)(F)F)c(F)c3F)cc2)cc1.Cc1ccc(-c2ccc(-c3ccc(CC(C)(F)F)c(F)c3F)c(F)c2)cc1.Cc1ccc(-c2ccc(-c3ccc(CC(C)(F)F)c(F)c3F)cc2)cc1.Cc1ccc(-c2ccc(C(C)(F)F)c(F)c2F)cc1.Cc1ccc(-c2ccc(CC(C)(F)F)c(F)c2F)cc1. The van der Waals surface area contributed by atoms with Gasteiger partial charge in [-0.15, -0.1) is 0 Å². The van der Waals surface area contributed by atoms with Crippen LogP contribution in [0.15, 0.2) is 249 Å². The highest BCUT2D eigenvalue weighted by Crippen LogP contribution is 2.40. The monoisotopic (exact) mass is 1640 g/mol. The second-order valence-corrected chi connectivity index (χ2v) is 29.0. The summed E-state index contributed by atoms with van der Waals surface area (Å²) in [5, 5.41) is 0. The molecule has 0 heterocycles. The molecule has 0 amide bonds. The highest BCUT2D eigenvalue weighted by molar-refractivity contribution is 5.75. The summed E-state index contributed by atoms with van der Waals surface area (Å²) in [6, 6.07) is 66.6.